The molecule has 0 aromatic rings. The number of rotatable bonds is 3. The van der Waals surface area contributed by atoms with E-state index in [9.17, 15) is 5.11 Å². The third kappa shape index (κ3) is 2.87. The van der Waals surface area contributed by atoms with Crippen molar-refractivity contribution in [1.29, 1.82) is 0 Å². The molecule has 2 fully saturated rings. The van der Waals surface area contributed by atoms with Crippen LogP contribution in [0.2, 0.25) is 0 Å². The lowest BCUT2D eigenvalue weighted by molar-refractivity contribution is -0.180. The monoisotopic (exact) mass is 258 g/mol. The minimum Gasteiger partial charge on any atom is -0.390 e. The largest absolute Gasteiger partial charge is 0.390 e. The normalized spacial score (nSPS) is 30.3. The molecule has 2 heterocycles. The van der Waals surface area contributed by atoms with Gasteiger partial charge in [0, 0.05) is 26.9 Å². The average molecular weight is 258 g/mol. The van der Waals surface area contributed by atoms with Crippen molar-refractivity contribution in [3.63, 3.8) is 0 Å². The summed E-state index contributed by atoms with van der Waals surface area (Å²) < 4.78 is 16.8. The first-order chi connectivity index (χ1) is 8.49. The second-order valence-corrected chi connectivity index (χ2v) is 6.15. The van der Waals surface area contributed by atoms with Gasteiger partial charge in [-0.2, -0.15) is 0 Å². The fourth-order valence-electron chi connectivity index (χ4n) is 3.12. The van der Waals surface area contributed by atoms with E-state index in [1.165, 1.54) is 0 Å². The smallest absolute Gasteiger partial charge is 0.0883 e. The molecule has 0 aliphatic carbocycles. The van der Waals surface area contributed by atoms with Crippen LogP contribution in [-0.2, 0) is 14.2 Å². The maximum absolute atomic E-state index is 10.5. The summed E-state index contributed by atoms with van der Waals surface area (Å²) in [5, 5.41) is 10.5. The van der Waals surface area contributed by atoms with Gasteiger partial charge in [0.2, 0.25) is 0 Å². The Morgan fingerprint density at radius 3 is 2.56 bits per heavy atom. The molecule has 2 rings (SSSR count). The van der Waals surface area contributed by atoms with E-state index < -0.39 is 11.7 Å². The van der Waals surface area contributed by atoms with Crippen molar-refractivity contribution in [2.24, 2.45) is 5.92 Å². The zero-order valence-corrected chi connectivity index (χ0v) is 11.8. The zero-order valence-electron chi connectivity index (χ0n) is 11.8. The highest BCUT2D eigenvalue weighted by molar-refractivity contribution is 4.94. The predicted octanol–water partition coefficient (Wildman–Crippen LogP) is 1.75. The molecule has 0 saturated carbocycles. The Balaban J connectivity index is 2.02. The van der Waals surface area contributed by atoms with E-state index >= 15 is 0 Å². The second kappa shape index (κ2) is 5.45. The Morgan fingerprint density at radius 1 is 1.28 bits per heavy atom. The number of aliphatic hydroxyl groups is 1. The molecular formula is C14H26O4. The minimum atomic E-state index is -0.492. The predicted molar refractivity (Wildman–Crippen MR) is 68.6 cm³/mol. The molecule has 4 heteroatoms. The van der Waals surface area contributed by atoms with Gasteiger partial charge in [-0.15, -0.1) is 0 Å². The maximum atomic E-state index is 10.5. The van der Waals surface area contributed by atoms with Crippen molar-refractivity contribution >= 4 is 0 Å². The lowest BCUT2D eigenvalue weighted by Gasteiger charge is -2.46. The molecule has 18 heavy (non-hydrogen) atoms. The molecule has 4 nitrogen and oxygen atoms in total. The molecule has 2 saturated heterocycles. The van der Waals surface area contributed by atoms with Gasteiger partial charge in [-0.3, -0.25) is 0 Å². The Labute approximate surface area is 110 Å². The highest BCUT2D eigenvalue weighted by Crippen LogP contribution is 2.40. The summed E-state index contributed by atoms with van der Waals surface area (Å²) >= 11 is 0. The summed E-state index contributed by atoms with van der Waals surface area (Å²) in [5.41, 5.74) is -0.555. The Bertz CT molecular complexity index is 265. The molecule has 0 radical (unpaired) electrons. The van der Waals surface area contributed by atoms with Crippen LogP contribution < -0.4 is 0 Å². The lowest BCUT2D eigenvalue weighted by atomic mass is 9.75. The van der Waals surface area contributed by atoms with E-state index in [4.69, 9.17) is 14.2 Å². The van der Waals surface area contributed by atoms with Crippen LogP contribution in [0.1, 0.15) is 39.5 Å². The summed E-state index contributed by atoms with van der Waals surface area (Å²) in [7, 11) is 1.66. The molecule has 0 aromatic heterocycles. The molecule has 2 unspecified atom stereocenters. The van der Waals surface area contributed by atoms with E-state index in [1.807, 2.05) is 13.8 Å². The number of aliphatic hydroxyl groups excluding tert-OH is 1. The highest BCUT2D eigenvalue weighted by atomic mass is 16.5. The molecular weight excluding hydrogens is 232 g/mol. The summed E-state index contributed by atoms with van der Waals surface area (Å²) in [5.74, 6) is 0.256. The van der Waals surface area contributed by atoms with Crippen molar-refractivity contribution in [2.45, 2.75) is 56.8 Å². The van der Waals surface area contributed by atoms with Gasteiger partial charge in [-0.1, -0.05) is 0 Å². The van der Waals surface area contributed by atoms with Crippen molar-refractivity contribution in [3.05, 3.63) is 0 Å². The Kier molecular flexibility index (Phi) is 4.32. The van der Waals surface area contributed by atoms with Crippen molar-refractivity contribution in [3.8, 4) is 0 Å². The lowest BCUT2D eigenvalue weighted by Crippen LogP contribution is -2.51. The SMILES string of the molecule is COC(C)(C)C(O)C1CCOC2(CCOCC2)C1. The second-order valence-electron chi connectivity index (χ2n) is 6.15. The van der Waals surface area contributed by atoms with Gasteiger partial charge in [0.15, 0.2) is 0 Å². The summed E-state index contributed by atoms with van der Waals surface area (Å²) in [4.78, 5) is 0. The van der Waals surface area contributed by atoms with Gasteiger partial charge in [-0.25, -0.2) is 0 Å². The number of hydrogen-bond donors (Lipinski definition) is 1. The first-order valence-electron chi connectivity index (χ1n) is 6.94. The number of ether oxygens (including phenoxy) is 3. The van der Waals surface area contributed by atoms with Gasteiger partial charge >= 0.3 is 0 Å². The van der Waals surface area contributed by atoms with Crippen molar-refractivity contribution in [2.75, 3.05) is 26.9 Å². The number of hydrogen-bond acceptors (Lipinski definition) is 4. The van der Waals surface area contributed by atoms with Gasteiger partial charge in [-0.05, 0) is 45.4 Å². The van der Waals surface area contributed by atoms with Gasteiger partial charge in [0.25, 0.3) is 0 Å². The molecule has 2 atom stereocenters. The topological polar surface area (TPSA) is 47.9 Å². The fraction of sp³-hybridized carbons (Fsp3) is 1.00. The van der Waals surface area contributed by atoms with Gasteiger partial charge < -0.3 is 19.3 Å². The van der Waals surface area contributed by atoms with Crippen LogP contribution >= 0.6 is 0 Å². The summed E-state index contributed by atoms with van der Waals surface area (Å²) in [6.07, 6.45) is 3.29. The maximum Gasteiger partial charge on any atom is 0.0883 e. The van der Waals surface area contributed by atoms with Crippen LogP contribution in [0.15, 0.2) is 0 Å². The first-order valence-corrected chi connectivity index (χ1v) is 6.94. The third-order valence-corrected chi connectivity index (χ3v) is 4.62. The van der Waals surface area contributed by atoms with Crippen LogP contribution in [0.25, 0.3) is 0 Å². The average Bonchev–Trinajstić information content (AvgIpc) is 2.39. The van der Waals surface area contributed by atoms with Crippen LogP contribution in [-0.4, -0.2) is 49.3 Å². The van der Waals surface area contributed by atoms with E-state index in [2.05, 4.69) is 0 Å². The molecule has 1 N–H and O–H groups in total. The van der Waals surface area contributed by atoms with Gasteiger partial charge in [0.1, 0.15) is 0 Å². The Hall–Kier alpha value is -0.160. The minimum absolute atomic E-state index is 0.0635. The molecule has 1 spiro atoms. The Morgan fingerprint density at radius 2 is 1.94 bits per heavy atom. The van der Waals surface area contributed by atoms with Crippen molar-refractivity contribution in [1.82, 2.24) is 0 Å². The third-order valence-electron chi connectivity index (χ3n) is 4.62. The molecule has 0 aromatic carbocycles. The zero-order chi connectivity index (χ0) is 13.2. The van der Waals surface area contributed by atoms with Crippen LogP contribution in [0.4, 0.5) is 0 Å². The molecule has 0 amide bonds. The quantitative estimate of drug-likeness (QED) is 0.838. The number of methoxy groups -OCH3 is 1. The van der Waals surface area contributed by atoms with Gasteiger partial charge in [0.05, 0.1) is 17.3 Å². The van der Waals surface area contributed by atoms with Crippen LogP contribution in [0, 0.1) is 5.92 Å². The van der Waals surface area contributed by atoms with E-state index in [1.54, 1.807) is 7.11 Å². The van der Waals surface area contributed by atoms with Crippen LogP contribution in [0.5, 0.6) is 0 Å². The molecule has 2 aliphatic rings. The molecule has 106 valence electrons. The van der Waals surface area contributed by atoms with Crippen LogP contribution in [0.3, 0.4) is 0 Å². The highest BCUT2D eigenvalue weighted by Gasteiger charge is 2.44. The molecule has 2 aliphatic heterocycles. The molecule has 0 bridgehead atoms. The standard InChI is InChI=1S/C14H26O4/c1-13(2,16-3)12(15)11-4-7-18-14(10-11)5-8-17-9-6-14/h11-12,15H,4-10H2,1-3H3. The van der Waals surface area contributed by atoms with E-state index in [0.717, 1.165) is 45.5 Å². The van der Waals surface area contributed by atoms with E-state index in [-0.39, 0.29) is 11.5 Å². The fourth-order valence-corrected chi connectivity index (χ4v) is 3.12. The first kappa shape index (κ1) is 14.3. The van der Waals surface area contributed by atoms with E-state index in [0.29, 0.717) is 0 Å². The summed E-state index contributed by atoms with van der Waals surface area (Å²) in [6, 6.07) is 0. The summed E-state index contributed by atoms with van der Waals surface area (Å²) in [6.45, 7) is 6.18. The van der Waals surface area contributed by atoms with Crippen molar-refractivity contribution < 1.29 is 19.3 Å².